The highest BCUT2D eigenvalue weighted by molar-refractivity contribution is 7.80. The van der Waals surface area contributed by atoms with E-state index in [1.54, 1.807) is 13.0 Å². The van der Waals surface area contributed by atoms with Crippen molar-refractivity contribution in [2.45, 2.75) is 24.9 Å². The smallest absolute Gasteiger partial charge is 0.193 e. The number of nitrogens with zero attached hydrogens (tertiary/aromatic N) is 3. The Kier molecular flexibility index (Phi) is 3.77. The minimum absolute atomic E-state index is 0.0423. The lowest BCUT2D eigenvalue weighted by atomic mass is 9.94. The number of aromatic nitrogens is 3. The van der Waals surface area contributed by atoms with E-state index in [9.17, 15) is 10.2 Å². The first-order valence-electron chi connectivity index (χ1n) is 8.02. The van der Waals surface area contributed by atoms with Gasteiger partial charge in [-0.3, -0.25) is 4.57 Å². The fourth-order valence-corrected chi connectivity index (χ4v) is 3.46. The van der Waals surface area contributed by atoms with Crippen molar-refractivity contribution in [3.63, 3.8) is 0 Å². The fraction of sp³-hybridized carbons (Fsp3) is 0.158. The second-order valence-electron chi connectivity index (χ2n) is 6.10. The average molecular weight is 351 g/mol. The van der Waals surface area contributed by atoms with Crippen LogP contribution in [0.4, 0.5) is 0 Å². The normalized spacial score (nSPS) is 13.4. The molecule has 0 aliphatic heterocycles. The molecule has 126 valence electrons. The molecule has 3 aromatic rings. The van der Waals surface area contributed by atoms with Gasteiger partial charge in [-0.2, -0.15) is 0 Å². The maximum absolute atomic E-state index is 10.3. The molecule has 5 nitrogen and oxygen atoms in total. The Labute approximate surface area is 150 Å². The van der Waals surface area contributed by atoms with Crippen LogP contribution in [0.5, 0.6) is 11.5 Å². The Morgan fingerprint density at radius 1 is 1.04 bits per heavy atom. The van der Waals surface area contributed by atoms with Crippen molar-refractivity contribution in [3.8, 4) is 22.9 Å². The van der Waals surface area contributed by atoms with E-state index in [4.69, 9.17) is 0 Å². The minimum atomic E-state index is -0.0465. The summed E-state index contributed by atoms with van der Waals surface area (Å²) in [6.45, 7) is 1.77. The summed E-state index contributed by atoms with van der Waals surface area (Å²) in [7, 11) is 0. The van der Waals surface area contributed by atoms with Crippen LogP contribution in [0.15, 0.2) is 47.6 Å². The molecular formula is C19H17N3O2S. The molecular weight excluding hydrogens is 334 g/mol. The maximum Gasteiger partial charge on any atom is 0.193 e. The van der Waals surface area contributed by atoms with Gasteiger partial charge in [0.25, 0.3) is 0 Å². The summed E-state index contributed by atoms with van der Waals surface area (Å²) in [5.41, 5.74) is 4.49. The monoisotopic (exact) mass is 351 g/mol. The summed E-state index contributed by atoms with van der Waals surface area (Å²) in [6.07, 6.45) is 4.04. The second-order valence-corrected chi connectivity index (χ2v) is 6.50. The van der Waals surface area contributed by atoms with Gasteiger partial charge in [0.05, 0.1) is 11.3 Å². The van der Waals surface area contributed by atoms with E-state index in [2.05, 4.69) is 41.0 Å². The van der Waals surface area contributed by atoms with Crippen molar-refractivity contribution < 1.29 is 10.2 Å². The van der Waals surface area contributed by atoms with Crippen LogP contribution in [0.2, 0.25) is 0 Å². The molecule has 0 atom stereocenters. The number of rotatable bonds is 2. The van der Waals surface area contributed by atoms with E-state index < -0.39 is 0 Å². The van der Waals surface area contributed by atoms with Crippen LogP contribution in [-0.4, -0.2) is 25.0 Å². The number of fused-ring (bicyclic) bond motifs is 1. The van der Waals surface area contributed by atoms with Gasteiger partial charge in [0.2, 0.25) is 0 Å². The van der Waals surface area contributed by atoms with Crippen LogP contribution in [0, 0.1) is 6.92 Å². The second kappa shape index (κ2) is 5.97. The molecule has 0 bridgehead atoms. The van der Waals surface area contributed by atoms with E-state index in [0.29, 0.717) is 22.1 Å². The van der Waals surface area contributed by atoms with Crippen LogP contribution in [0.3, 0.4) is 0 Å². The van der Waals surface area contributed by atoms with Crippen LogP contribution >= 0.6 is 12.6 Å². The highest BCUT2D eigenvalue weighted by Gasteiger charge is 2.22. The highest BCUT2D eigenvalue weighted by atomic mass is 32.1. The first-order chi connectivity index (χ1) is 12.1. The molecule has 6 heteroatoms. The summed E-state index contributed by atoms with van der Waals surface area (Å²) in [4.78, 5) is 0. The molecule has 0 spiro atoms. The van der Waals surface area contributed by atoms with Gasteiger partial charge in [0, 0.05) is 11.6 Å². The molecule has 0 unspecified atom stereocenters. The number of aromatic hydroxyl groups is 2. The van der Waals surface area contributed by atoms with Gasteiger partial charge < -0.3 is 10.2 Å². The van der Waals surface area contributed by atoms with Crippen molar-refractivity contribution in [2.24, 2.45) is 0 Å². The molecule has 4 rings (SSSR count). The van der Waals surface area contributed by atoms with Crippen LogP contribution in [0.25, 0.3) is 17.1 Å². The summed E-state index contributed by atoms with van der Waals surface area (Å²) in [6, 6.07) is 11.2. The van der Waals surface area contributed by atoms with Crippen molar-refractivity contribution in [2.75, 3.05) is 0 Å². The number of hydrogen-bond donors (Lipinski definition) is 3. The van der Waals surface area contributed by atoms with Crippen LogP contribution < -0.4 is 0 Å². The third-order valence-electron chi connectivity index (χ3n) is 4.49. The van der Waals surface area contributed by atoms with Gasteiger partial charge in [-0.05, 0) is 37.0 Å². The van der Waals surface area contributed by atoms with E-state index in [0.717, 1.165) is 24.1 Å². The summed E-state index contributed by atoms with van der Waals surface area (Å²) in [5.74, 6) is 0.490. The Hall–Kier alpha value is -2.73. The van der Waals surface area contributed by atoms with E-state index in [-0.39, 0.29) is 11.5 Å². The van der Waals surface area contributed by atoms with Crippen LogP contribution in [0.1, 0.15) is 23.1 Å². The van der Waals surface area contributed by atoms with E-state index >= 15 is 0 Å². The summed E-state index contributed by atoms with van der Waals surface area (Å²) in [5, 5.41) is 28.9. The number of thiol groups is 1. The molecule has 25 heavy (non-hydrogen) atoms. The summed E-state index contributed by atoms with van der Waals surface area (Å²) < 4.78 is 1.84. The molecule has 1 aromatic heterocycles. The molecule has 0 saturated heterocycles. The Morgan fingerprint density at radius 2 is 1.84 bits per heavy atom. The topological polar surface area (TPSA) is 71.2 Å². The minimum Gasteiger partial charge on any atom is -0.508 e. The number of allylic oxidation sites excluding steroid dienone is 1. The SMILES string of the molecule is Cc1cc(-c2nnc(S)n2C2=CCCc3ccccc32)c(O)cc1O. The van der Waals surface area contributed by atoms with Crippen molar-refractivity contribution in [3.05, 3.63) is 59.2 Å². The predicted molar refractivity (Wildman–Crippen MR) is 98.9 cm³/mol. The van der Waals surface area contributed by atoms with Crippen molar-refractivity contribution in [1.82, 2.24) is 14.8 Å². The third kappa shape index (κ3) is 2.59. The van der Waals surface area contributed by atoms with Gasteiger partial charge in [-0.15, -0.1) is 22.8 Å². The lowest BCUT2D eigenvalue weighted by Gasteiger charge is -2.20. The molecule has 1 aliphatic rings. The average Bonchev–Trinajstić information content (AvgIpc) is 2.99. The van der Waals surface area contributed by atoms with E-state index in [1.165, 1.54) is 11.6 Å². The number of phenols is 2. The lowest BCUT2D eigenvalue weighted by Crippen LogP contribution is -2.08. The van der Waals surface area contributed by atoms with Crippen molar-refractivity contribution in [1.29, 1.82) is 0 Å². The largest absolute Gasteiger partial charge is 0.508 e. The number of phenolic OH excluding ortho intramolecular Hbond substituents is 2. The first kappa shape index (κ1) is 15.8. The summed E-state index contributed by atoms with van der Waals surface area (Å²) >= 11 is 4.47. The zero-order valence-corrected chi connectivity index (χ0v) is 14.5. The third-order valence-corrected chi connectivity index (χ3v) is 4.78. The number of benzene rings is 2. The first-order valence-corrected chi connectivity index (χ1v) is 8.47. The molecule has 2 N–H and O–H groups in total. The number of hydrogen-bond acceptors (Lipinski definition) is 5. The van der Waals surface area contributed by atoms with Gasteiger partial charge in [0.15, 0.2) is 11.0 Å². The van der Waals surface area contributed by atoms with Crippen LogP contribution in [-0.2, 0) is 6.42 Å². The lowest BCUT2D eigenvalue weighted by molar-refractivity contribution is 0.449. The predicted octanol–water partition coefficient (Wildman–Crippen LogP) is 3.79. The standard InChI is InChI=1S/C19H17N3O2S/c1-11-9-14(17(24)10-16(11)23)18-20-21-19(25)22(18)15-8-4-6-12-5-2-3-7-13(12)15/h2-3,5,7-10,23-24H,4,6H2,1H3,(H,21,25). The quantitative estimate of drug-likeness (QED) is 0.614. The molecule has 1 heterocycles. The Bertz CT molecular complexity index is 1010. The molecule has 0 radical (unpaired) electrons. The fourth-order valence-electron chi connectivity index (χ4n) is 3.21. The zero-order chi connectivity index (χ0) is 17.6. The van der Waals surface area contributed by atoms with Gasteiger partial charge in [-0.1, -0.05) is 30.3 Å². The van der Waals surface area contributed by atoms with Crippen molar-refractivity contribution >= 4 is 18.3 Å². The zero-order valence-electron chi connectivity index (χ0n) is 13.6. The molecule has 0 saturated carbocycles. The van der Waals surface area contributed by atoms with Gasteiger partial charge in [0.1, 0.15) is 11.5 Å². The molecule has 0 fully saturated rings. The molecule has 1 aliphatic carbocycles. The van der Waals surface area contributed by atoms with E-state index in [1.807, 2.05) is 16.7 Å². The number of aryl methyl sites for hydroxylation is 2. The van der Waals surface area contributed by atoms with Gasteiger partial charge in [-0.25, -0.2) is 0 Å². The van der Waals surface area contributed by atoms with Gasteiger partial charge >= 0.3 is 0 Å². The molecule has 0 amide bonds. The Morgan fingerprint density at radius 3 is 2.68 bits per heavy atom. The molecule has 2 aromatic carbocycles. The Balaban J connectivity index is 1.93. The highest BCUT2D eigenvalue weighted by Crippen LogP contribution is 2.38. The maximum atomic E-state index is 10.3.